The van der Waals surface area contributed by atoms with Crippen LogP contribution in [-0.2, 0) is 13.1 Å². The molecule has 0 saturated carbocycles. The Kier molecular flexibility index (Phi) is 3.08. The molecule has 4 N–H and O–H groups in total. The predicted molar refractivity (Wildman–Crippen MR) is 62.1 cm³/mol. The molecule has 0 aliphatic carbocycles. The Morgan fingerprint density at radius 2 is 2.47 bits per heavy atom. The highest BCUT2D eigenvalue weighted by atomic mass is 16.2. The summed E-state index contributed by atoms with van der Waals surface area (Å²) in [4.78, 5) is 11.8. The standard InChI is InChI=1S/C10H14N6O/c1-2-16-6-8(11)9(15-16)10(17)12-5-7-3-4-13-14-7/h3-4,6H,2,5,11H2,1H3,(H,12,17)(H,13,14). The molecule has 7 heteroatoms. The molecule has 0 aliphatic heterocycles. The van der Waals surface area contributed by atoms with Gasteiger partial charge in [0.15, 0.2) is 5.69 Å². The minimum Gasteiger partial charge on any atom is -0.396 e. The molecule has 0 radical (unpaired) electrons. The van der Waals surface area contributed by atoms with Crippen molar-refractivity contribution < 1.29 is 4.79 Å². The van der Waals surface area contributed by atoms with E-state index in [1.807, 2.05) is 6.92 Å². The highest BCUT2D eigenvalue weighted by Gasteiger charge is 2.14. The molecule has 0 aliphatic rings. The maximum absolute atomic E-state index is 11.8. The Bertz CT molecular complexity index is 501. The van der Waals surface area contributed by atoms with E-state index < -0.39 is 0 Å². The lowest BCUT2D eigenvalue weighted by molar-refractivity contribution is 0.0945. The highest BCUT2D eigenvalue weighted by Crippen LogP contribution is 2.08. The lowest BCUT2D eigenvalue weighted by Crippen LogP contribution is -2.24. The molecule has 1 amide bonds. The molecule has 0 fully saturated rings. The number of aromatic nitrogens is 4. The van der Waals surface area contributed by atoms with Crippen LogP contribution in [0.3, 0.4) is 0 Å². The third-order valence-corrected chi connectivity index (χ3v) is 2.33. The van der Waals surface area contributed by atoms with Gasteiger partial charge in [0.25, 0.3) is 5.91 Å². The summed E-state index contributed by atoms with van der Waals surface area (Å²) in [6, 6.07) is 1.79. The fourth-order valence-electron chi connectivity index (χ4n) is 1.42. The molecule has 7 nitrogen and oxygen atoms in total. The quantitative estimate of drug-likeness (QED) is 0.700. The molecule has 0 unspecified atom stereocenters. The molecule has 0 saturated heterocycles. The van der Waals surface area contributed by atoms with Gasteiger partial charge in [-0.25, -0.2) is 0 Å². The van der Waals surface area contributed by atoms with E-state index in [0.29, 0.717) is 18.8 Å². The SMILES string of the molecule is CCn1cc(N)c(C(=O)NCc2ccn[nH]2)n1. The van der Waals surface area contributed by atoms with E-state index in [2.05, 4.69) is 20.6 Å². The molecule has 90 valence electrons. The number of nitrogens with two attached hydrogens (primary N) is 1. The molecule has 17 heavy (non-hydrogen) atoms. The zero-order valence-corrected chi connectivity index (χ0v) is 9.47. The van der Waals surface area contributed by atoms with Crippen LogP contribution in [0.2, 0.25) is 0 Å². The topological polar surface area (TPSA) is 102 Å². The number of aryl methyl sites for hydroxylation is 1. The number of hydrogen-bond donors (Lipinski definition) is 3. The van der Waals surface area contributed by atoms with Gasteiger partial charge < -0.3 is 11.1 Å². The van der Waals surface area contributed by atoms with Crippen LogP contribution in [0.25, 0.3) is 0 Å². The first-order chi connectivity index (χ1) is 8.20. The van der Waals surface area contributed by atoms with E-state index in [9.17, 15) is 4.79 Å². The minimum atomic E-state index is -0.288. The minimum absolute atomic E-state index is 0.256. The average molecular weight is 234 g/mol. The van der Waals surface area contributed by atoms with Crippen LogP contribution < -0.4 is 11.1 Å². The molecule has 0 spiro atoms. The Labute approximate surface area is 98.0 Å². The van der Waals surface area contributed by atoms with Crippen molar-refractivity contribution in [1.29, 1.82) is 0 Å². The predicted octanol–water partition coefficient (Wildman–Crippen LogP) is 0.138. The summed E-state index contributed by atoms with van der Waals surface area (Å²) in [7, 11) is 0. The van der Waals surface area contributed by atoms with E-state index in [1.165, 1.54) is 0 Å². The summed E-state index contributed by atoms with van der Waals surface area (Å²) in [5.41, 5.74) is 7.17. The second kappa shape index (κ2) is 4.69. The number of nitrogens with zero attached hydrogens (tertiary/aromatic N) is 3. The van der Waals surface area contributed by atoms with Crippen molar-refractivity contribution in [2.24, 2.45) is 0 Å². The Morgan fingerprint density at radius 3 is 3.06 bits per heavy atom. The summed E-state index contributed by atoms with van der Waals surface area (Å²) < 4.78 is 1.63. The fourth-order valence-corrected chi connectivity index (χ4v) is 1.42. The summed E-state index contributed by atoms with van der Waals surface area (Å²) >= 11 is 0. The van der Waals surface area contributed by atoms with Gasteiger partial charge in [-0.3, -0.25) is 14.6 Å². The van der Waals surface area contributed by atoms with Gasteiger partial charge >= 0.3 is 0 Å². The summed E-state index contributed by atoms with van der Waals surface area (Å²) in [5, 5.41) is 13.3. The molecular weight excluding hydrogens is 220 g/mol. The maximum atomic E-state index is 11.8. The Morgan fingerprint density at radius 1 is 1.65 bits per heavy atom. The van der Waals surface area contributed by atoms with Gasteiger partial charge in [-0.15, -0.1) is 0 Å². The first-order valence-corrected chi connectivity index (χ1v) is 5.30. The van der Waals surface area contributed by atoms with Crippen LogP contribution in [0, 0.1) is 0 Å². The summed E-state index contributed by atoms with van der Waals surface area (Å²) in [6.45, 7) is 2.98. The van der Waals surface area contributed by atoms with E-state index >= 15 is 0 Å². The molecule has 2 aromatic heterocycles. The molecule has 0 bridgehead atoms. The lowest BCUT2D eigenvalue weighted by Gasteiger charge is -2.01. The zero-order valence-electron chi connectivity index (χ0n) is 9.47. The number of nitrogens with one attached hydrogen (secondary N) is 2. The third kappa shape index (κ3) is 2.44. The van der Waals surface area contributed by atoms with Crippen molar-refractivity contribution in [2.75, 3.05) is 5.73 Å². The number of H-pyrrole nitrogens is 1. The van der Waals surface area contributed by atoms with Crippen molar-refractivity contribution in [3.8, 4) is 0 Å². The number of carbonyl (C=O) groups excluding carboxylic acids is 1. The molecular formula is C10H14N6O. The number of amides is 1. The van der Waals surface area contributed by atoms with Gasteiger partial charge in [0.2, 0.25) is 0 Å². The number of hydrogen-bond acceptors (Lipinski definition) is 4. The van der Waals surface area contributed by atoms with Gasteiger partial charge in [0, 0.05) is 18.9 Å². The van der Waals surface area contributed by atoms with Crippen molar-refractivity contribution in [3.05, 3.63) is 29.8 Å². The second-order valence-corrected chi connectivity index (χ2v) is 3.55. The third-order valence-electron chi connectivity index (χ3n) is 2.33. The number of rotatable bonds is 4. The number of anilines is 1. The summed E-state index contributed by atoms with van der Waals surface area (Å²) in [6.07, 6.45) is 3.27. The lowest BCUT2D eigenvalue weighted by atomic mass is 10.3. The average Bonchev–Trinajstić information content (AvgIpc) is 2.94. The molecule has 0 atom stereocenters. The van der Waals surface area contributed by atoms with E-state index in [4.69, 9.17) is 5.73 Å². The van der Waals surface area contributed by atoms with Gasteiger partial charge in [0.05, 0.1) is 17.9 Å². The second-order valence-electron chi connectivity index (χ2n) is 3.55. The molecule has 2 rings (SSSR count). The van der Waals surface area contributed by atoms with E-state index in [-0.39, 0.29) is 11.6 Å². The largest absolute Gasteiger partial charge is 0.396 e. The van der Waals surface area contributed by atoms with Crippen molar-refractivity contribution >= 4 is 11.6 Å². The van der Waals surface area contributed by atoms with Crippen molar-refractivity contribution in [2.45, 2.75) is 20.0 Å². The summed E-state index contributed by atoms with van der Waals surface area (Å²) in [5.74, 6) is -0.288. The van der Waals surface area contributed by atoms with Crippen LogP contribution in [0.4, 0.5) is 5.69 Å². The van der Waals surface area contributed by atoms with Crippen LogP contribution in [-0.4, -0.2) is 25.9 Å². The first-order valence-electron chi connectivity index (χ1n) is 5.30. The van der Waals surface area contributed by atoms with Gasteiger partial charge in [-0.2, -0.15) is 10.2 Å². The zero-order chi connectivity index (χ0) is 12.3. The maximum Gasteiger partial charge on any atom is 0.274 e. The molecule has 0 aromatic carbocycles. The monoisotopic (exact) mass is 234 g/mol. The van der Waals surface area contributed by atoms with Crippen LogP contribution in [0.15, 0.2) is 18.5 Å². The van der Waals surface area contributed by atoms with Gasteiger partial charge in [-0.05, 0) is 13.0 Å². The van der Waals surface area contributed by atoms with E-state index in [1.54, 1.807) is 23.1 Å². The molecule has 2 aromatic rings. The van der Waals surface area contributed by atoms with E-state index in [0.717, 1.165) is 5.69 Å². The number of carbonyl (C=O) groups is 1. The molecule has 2 heterocycles. The number of nitrogen functional groups attached to an aromatic ring is 1. The van der Waals surface area contributed by atoms with Crippen LogP contribution >= 0.6 is 0 Å². The van der Waals surface area contributed by atoms with Gasteiger partial charge in [-0.1, -0.05) is 0 Å². The van der Waals surface area contributed by atoms with Crippen LogP contribution in [0.5, 0.6) is 0 Å². The smallest absolute Gasteiger partial charge is 0.274 e. The Hall–Kier alpha value is -2.31. The van der Waals surface area contributed by atoms with Gasteiger partial charge in [0.1, 0.15) is 0 Å². The fraction of sp³-hybridized carbons (Fsp3) is 0.300. The Balaban J connectivity index is 2.01. The number of aromatic amines is 1. The van der Waals surface area contributed by atoms with Crippen molar-refractivity contribution in [1.82, 2.24) is 25.3 Å². The van der Waals surface area contributed by atoms with Crippen LogP contribution in [0.1, 0.15) is 23.1 Å². The van der Waals surface area contributed by atoms with Crippen molar-refractivity contribution in [3.63, 3.8) is 0 Å². The first kappa shape index (κ1) is 11.2. The normalized spacial score (nSPS) is 10.4. The highest BCUT2D eigenvalue weighted by molar-refractivity contribution is 5.96.